The Labute approximate surface area is 126 Å². The van der Waals surface area contributed by atoms with Gasteiger partial charge in [-0.15, -0.1) is 0 Å². The Bertz CT molecular complexity index is 415. The Balaban J connectivity index is 3.00. The van der Waals surface area contributed by atoms with E-state index in [0.29, 0.717) is 6.04 Å². The van der Waals surface area contributed by atoms with E-state index in [2.05, 4.69) is 86.0 Å². The van der Waals surface area contributed by atoms with Gasteiger partial charge in [-0.3, -0.25) is 0 Å². The first-order valence-corrected chi connectivity index (χ1v) is 7.89. The molecule has 0 fully saturated rings. The van der Waals surface area contributed by atoms with Gasteiger partial charge in [0.1, 0.15) is 0 Å². The summed E-state index contributed by atoms with van der Waals surface area (Å²) in [7, 11) is 2.17. The highest BCUT2D eigenvalue weighted by Crippen LogP contribution is 2.31. The van der Waals surface area contributed by atoms with E-state index in [4.69, 9.17) is 0 Å². The SMILES string of the molecule is CCNC(C)c1ccc(N(C)C(C)(C)CC)cc1Br. The molecule has 1 rings (SSSR count). The van der Waals surface area contributed by atoms with E-state index >= 15 is 0 Å². The number of nitrogens with one attached hydrogen (secondary N) is 1. The summed E-state index contributed by atoms with van der Waals surface area (Å²) in [6, 6.07) is 7.03. The zero-order valence-corrected chi connectivity index (χ0v) is 14.6. The van der Waals surface area contributed by atoms with Crippen LogP contribution in [0.5, 0.6) is 0 Å². The summed E-state index contributed by atoms with van der Waals surface area (Å²) in [4.78, 5) is 2.35. The van der Waals surface area contributed by atoms with Gasteiger partial charge in [-0.2, -0.15) is 0 Å². The molecule has 0 radical (unpaired) electrons. The topological polar surface area (TPSA) is 15.3 Å². The van der Waals surface area contributed by atoms with Gasteiger partial charge in [0, 0.05) is 28.8 Å². The van der Waals surface area contributed by atoms with Gasteiger partial charge in [0.05, 0.1) is 0 Å². The van der Waals surface area contributed by atoms with Gasteiger partial charge in [0.2, 0.25) is 0 Å². The Morgan fingerprint density at radius 2 is 1.95 bits per heavy atom. The van der Waals surface area contributed by atoms with Crippen molar-refractivity contribution in [2.24, 2.45) is 0 Å². The molecule has 1 N–H and O–H groups in total. The van der Waals surface area contributed by atoms with Crippen LogP contribution in [0, 0.1) is 0 Å². The van der Waals surface area contributed by atoms with Crippen LogP contribution in [0.25, 0.3) is 0 Å². The predicted octanol–water partition coefficient (Wildman–Crippen LogP) is 4.74. The highest BCUT2D eigenvalue weighted by molar-refractivity contribution is 9.10. The summed E-state index contributed by atoms with van der Waals surface area (Å²) >= 11 is 3.71. The van der Waals surface area contributed by atoms with Crippen LogP contribution >= 0.6 is 15.9 Å². The Hall–Kier alpha value is -0.540. The lowest BCUT2D eigenvalue weighted by Gasteiger charge is -2.37. The number of benzene rings is 1. The van der Waals surface area contributed by atoms with Crippen molar-refractivity contribution in [3.05, 3.63) is 28.2 Å². The van der Waals surface area contributed by atoms with E-state index in [1.807, 2.05) is 0 Å². The second-order valence-corrected chi connectivity index (χ2v) is 6.56. The lowest BCUT2D eigenvalue weighted by molar-refractivity contribution is 0.470. The highest BCUT2D eigenvalue weighted by atomic mass is 79.9. The van der Waals surface area contributed by atoms with Gasteiger partial charge < -0.3 is 10.2 Å². The first-order valence-electron chi connectivity index (χ1n) is 7.10. The van der Waals surface area contributed by atoms with Crippen molar-refractivity contribution in [3.63, 3.8) is 0 Å². The van der Waals surface area contributed by atoms with Gasteiger partial charge in [-0.1, -0.05) is 35.8 Å². The van der Waals surface area contributed by atoms with Crippen LogP contribution in [0.4, 0.5) is 5.69 Å². The molecular weight excluding hydrogens is 300 g/mol. The minimum absolute atomic E-state index is 0.175. The third-order valence-electron chi connectivity index (χ3n) is 4.12. The van der Waals surface area contributed by atoms with E-state index in [9.17, 15) is 0 Å². The van der Waals surface area contributed by atoms with Crippen molar-refractivity contribution in [2.75, 3.05) is 18.5 Å². The van der Waals surface area contributed by atoms with Crippen molar-refractivity contribution in [1.82, 2.24) is 5.32 Å². The number of nitrogens with zero attached hydrogens (tertiary/aromatic N) is 1. The van der Waals surface area contributed by atoms with Crippen molar-refractivity contribution < 1.29 is 0 Å². The predicted molar refractivity (Wildman–Crippen MR) is 89.0 cm³/mol. The average molecular weight is 327 g/mol. The third kappa shape index (κ3) is 3.96. The van der Waals surface area contributed by atoms with Gasteiger partial charge in [-0.05, 0) is 51.4 Å². The quantitative estimate of drug-likeness (QED) is 0.811. The third-order valence-corrected chi connectivity index (χ3v) is 4.81. The fourth-order valence-electron chi connectivity index (χ4n) is 2.08. The van der Waals surface area contributed by atoms with Gasteiger partial charge in [0.15, 0.2) is 0 Å². The Morgan fingerprint density at radius 1 is 1.32 bits per heavy atom. The average Bonchev–Trinajstić information content (AvgIpc) is 2.37. The maximum Gasteiger partial charge on any atom is 0.0379 e. The summed E-state index contributed by atoms with van der Waals surface area (Å²) in [6.07, 6.45) is 1.12. The fourth-order valence-corrected chi connectivity index (χ4v) is 2.79. The molecule has 1 aromatic carbocycles. The molecule has 1 aromatic rings. The lowest BCUT2D eigenvalue weighted by Crippen LogP contribution is -2.40. The smallest absolute Gasteiger partial charge is 0.0379 e. The van der Waals surface area contributed by atoms with E-state index < -0.39 is 0 Å². The van der Waals surface area contributed by atoms with Crippen molar-refractivity contribution in [3.8, 4) is 0 Å². The van der Waals surface area contributed by atoms with Crippen LogP contribution in [-0.4, -0.2) is 19.1 Å². The molecule has 0 aliphatic rings. The van der Waals surface area contributed by atoms with Gasteiger partial charge in [0.25, 0.3) is 0 Å². The van der Waals surface area contributed by atoms with Crippen LogP contribution in [0.3, 0.4) is 0 Å². The summed E-state index contributed by atoms with van der Waals surface area (Å²) in [6.45, 7) is 12.1. The van der Waals surface area contributed by atoms with E-state index in [0.717, 1.165) is 13.0 Å². The Kier molecular flexibility index (Phi) is 5.87. The summed E-state index contributed by atoms with van der Waals surface area (Å²) in [5.74, 6) is 0. The van der Waals surface area contributed by atoms with E-state index in [1.165, 1.54) is 15.7 Å². The van der Waals surface area contributed by atoms with E-state index in [-0.39, 0.29) is 5.54 Å². The molecule has 1 unspecified atom stereocenters. The monoisotopic (exact) mass is 326 g/mol. The molecule has 0 heterocycles. The van der Waals surface area contributed by atoms with E-state index in [1.54, 1.807) is 0 Å². The van der Waals surface area contributed by atoms with Crippen molar-refractivity contribution in [2.45, 2.75) is 52.6 Å². The number of hydrogen-bond donors (Lipinski definition) is 1. The first kappa shape index (κ1) is 16.5. The Morgan fingerprint density at radius 3 is 2.42 bits per heavy atom. The zero-order valence-electron chi connectivity index (χ0n) is 13.0. The first-order chi connectivity index (χ1) is 8.83. The van der Waals surface area contributed by atoms with Crippen LogP contribution < -0.4 is 10.2 Å². The lowest BCUT2D eigenvalue weighted by atomic mass is 9.98. The molecule has 3 heteroatoms. The fraction of sp³-hybridized carbons (Fsp3) is 0.625. The summed E-state index contributed by atoms with van der Waals surface area (Å²) in [5.41, 5.74) is 2.74. The number of halogens is 1. The van der Waals surface area contributed by atoms with Gasteiger partial charge >= 0.3 is 0 Å². The molecule has 1 atom stereocenters. The molecular formula is C16H27BrN2. The molecule has 0 bridgehead atoms. The standard InChI is InChI=1S/C16H27BrN2/c1-7-16(4,5)19(6)13-9-10-14(15(17)11-13)12(3)18-8-2/h9-12,18H,7-8H2,1-6H3. The largest absolute Gasteiger partial charge is 0.369 e. The van der Waals surface area contributed by atoms with Crippen LogP contribution in [0.2, 0.25) is 0 Å². The second-order valence-electron chi connectivity index (χ2n) is 5.71. The molecule has 0 aliphatic heterocycles. The van der Waals surface area contributed by atoms with Crippen molar-refractivity contribution >= 4 is 21.6 Å². The van der Waals surface area contributed by atoms with Crippen LogP contribution in [0.15, 0.2) is 22.7 Å². The number of rotatable bonds is 6. The van der Waals surface area contributed by atoms with Crippen LogP contribution in [0.1, 0.15) is 52.6 Å². The number of anilines is 1. The highest BCUT2D eigenvalue weighted by Gasteiger charge is 2.22. The zero-order chi connectivity index (χ0) is 14.6. The van der Waals surface area contributed by atoms with Crippen molar-refractivity contribution in [1.29, 1.82) is 0 Å². The molecule has 0 spiro atoms. The summed E-state index contributed by atoms with van der Waals surface area (Å²) < 4.78 is 1.18. The minimum atomic E-state index is 0.175. The molecule has 0 saturated carbocycles. The molecule has 0 saturated heterocycles. The molecule has 19 heavy (non-hydrogen) atoms. The molecule has 0 aromatic heterocycles. The maximum absolute atomic E-state index is 3.71. The molecule has 0 amide bonds. The minimum Gasteiger partial charge on any atom is -0.369 e. The molecule has 2 nitrogen and oxygen atoms in total. The normalized spacial score (nSPS) is 13.4. The molecule has 108 valence electrons. The number of hydrogen-bond acceptors (Lipinski definition) is 2. The maximum atomic E-state index is 3.71. The van der Waals surface area contributed by atoms with Crippen LogP contribution in [-0.2, 0) is 0 Å². The molecule has 0 aliphatic carbocycles. The summed E-state index contributed by atoms with van der Waals surface area (Å²) in [5, 5.41) is 3.45. The van der Waals surface area contributed by atoms with Gasteiger partial charge in [-0.25, -0.2) is 0 Å². The second kappa shape index (κ2) is 6.76.